The zero-order valence-corrected chi connectivity index (χ0v) is 16.5. The molecule has 0 saturated carbocycles. The number of hydrogen-bond acceptors (Lipinski definition) is 3. The van der Waals surface area contributed by atoms with Crippen molar-refractivity contribution in [3.05, 3.63) is 102 Å². The topological polar surface area (TPSA) is 59.8 Å². The highest BCUT2D eigenvalue weighted by Crippen LogP contribution is 2.24. The van der Waals surface area contributed by atoms with E-state index in [1.807, 2.05) is 54.6 Å². The summed E-state index contributed by atoms with van der Waals surface area (Å²) >= 11 is 0. The fourth-order valence-electron chi connectivity index (χ4n) is 3.12. The van der Waals surface area contributed by atoms with Gasteiger partial charge in [-0.2, -0.15) is 5.10 Å². The highest BCUT2D eigenvalue weighted by molar-refractivity contribution is 5.94. The number of rotatable bonds is 5. The fraction of sp³-hybridized carbons (Fsp3) is 0.125. The predicted octanol–water partition coefficient (Wildman–Crippen LogP) is 4.48. The van der Waals surface area contributed by atoms with E-state index in [-0.39, 0.29) is 5.91 Å². The molecule has 4 rings (SSSR count). The Morgan fingerprint density at radius 3 is 2.41 bits per heavy atom. The largest absolute Gasteiger partial charge is 0.347 e. The molecular weight excluding hydrogens is 360 g/mol. The van der Waals surface area contributed by atoms with Gasteiger partial charge in [-0.3, -0.25) is 9.78 Å². The standard InChI is InChI=1S/C24H22N4O/c1-17-8-9-20(14-18(17)2)22-15-23(28(27-22)21-6-4-3-5-7-21)24(29)26-16-19-10-12-25-13-11-19/h3-15H,16H2,1-2H3,(H,26,29). The number of pyridine rings is 1. The van der Waals surface area contributed by atoms with Crippen molar-refractivity contribution < 1.29 is 4.79 Å². The molecule has 0 unspecified atom stereocenters. The molecule has 5 heteroatoms. The number of carbonyl (C=O) groups excluding carboxylic acids is 1. The van der Waals surface area contributed by atoms with Gasteiger partial charge in [0.2, 0.25) is 0 Å². The molecule has 0 fully saturated rings. The van der Waals surface area contributed by atoms with Crippen LogP contribution in [0.4, 0.5) is 0 Å². The molecular formula is C24H22N4O. The summed E-state index contributed by atoms with van der Waals surface area (Å²) in [6.45, 7) is 4.59. The van der Waals surface area contributed by atoms with E-state index in [1.165, 1.54) is 11.1 Å². The molecule has 1 N–H and O–H groups in total. The molecule has 0 saturated heterocycles. The van der Waals surface area contributed by atoms with Crippen LogP contribution in [0.25, 0.3) is 16.9 Å². The lowest BCUT2D eigenvalue weighted by molar-refractivity contribution is 0.0943. The summed E-state index contributed by atoms with van der Waals surface area (Å²) in [7, 11) is 0. The molecule has 2 heterocycles. The van der Waals surface area contributed by atoms with E-state index in [9.17, 15) is 4.79 Å². The minimum absolute atomic E-state index is 0.173. The van der Waals surface area contributed by atoms with Crippen LogP contribution in [-0.2, 0) is 6.54 Å². The molecule has 0 aliphatic rings. The number of benzene rings is 2. The average molecular weight is 382 g/mol. The zero-order valence-electron chi connectivity index (χ0n) is 16.5. The molecule has 2 aromatic carbocycles. The number of amides is 1. The van der Waals surface area contributed by atoms with Crippen LogP contribution < -0.4 is 5.32 Å². The van der Waals surface area contributed by atoms with Gasteiger partial charge >= 0.3 is 0 Å². The van der Waals surface area contributed by atoms with Crippen LogP contribution >= 0.6 is 0 Å². The first-order valence-corrected chi connectivity index (χ1v) is 9.52. The Hall–Kier alpha value is -3.73. The van der Waals surface area contributed by atoms with Crippen LogP contribution in [0.1, 0.15) is 27.2 Å². The smallest absolute Gasteiger partial charge is 0.270 e. The first kappa shape index (κ1) is 18.6. The Morgan fingerprint density at radius 1 is 0.931 bits per heavy atom. The summed E-state index contributed by atoms with van der Waals surface area (Å²) in [6, 6.07) is 21.5. The van der Waals surface area contributed by atoms with E-state index in [1.54, 1.807) is 17.1 Å². The molecule has 0 spiro atoms. The van der Waals surface area contributed by atoms with E-state index < -0.39 is 0 Å². The van der Waals surface area contributed by atoms with E-state index >= 15 is 0 Å². The van der Waals surface area contributed by atoms with E-state index in [2.05, 4.69) is 36.3 Å². The lowest BCUT2D eigenvalue weighted by atomic mass is 10.0. The maximum atomic E-state index is 13.0. The highest BCUT2D eigenvalue weighted by Gasteiger charge is 2.17. The van der Waals surface area contributed by atoms with Crippen molar-refractivity contribution in [3.63, 3.8) is 0 Å². The summed E-state index contributed by atoms with van der Waals surface area (Å²) in [6.07, 6.45) is 3.43. The number of hydrogen-bond donors (Lipinski definition) is 1. The lowest BCUT2D eigenvalue weighted by Gasteiger charge is -2.08. The molecule has 0 aliphatic heterocycles. The van der Waals surface area contributed by atoms with E-state index in [0.717, 1.165) is 22.5 Å². The minimum atomic E-state index is -0.173. The maximum Gasteiger partial charge on any atom is 0.270 e. The Balaban J connectivity index is 1.70. The van der Waals surface area contributed by atoms with Crippen molar-refractivity contribution in [2.45, 2.75) is 20.4 Å². The van der Waals surface area contributed by atoms with Gasteiger partial charge in [0, 0.05) is 24.5 Å². The van der Waals surface area contributed by atoms with Crippen molar-refractivity contribution in [2.24, 2.45) is 0 Å². The van der Waals surface area contributed by atoms with Gasteiger partial charge in [0.05, 0.1) is 11.4 Å². The number of aromatic nitrogens is 3. The van der Waals surface area contributed by atoms with Gasteiger partial charge < -0.3 is 5.32 Å². The van der Waals surface area contributed by atoms with Gasteiger partial charge in [0.15, 0.2) is 0 Å². The minimum Gasteiger partial charge on any atom is -0.347 e. The van der Waals surface area contributed by atoms with Crippen LogP contribution in [0, 0.1) is 13.8 Å². The van der Waals surface area contributed by atoms with E-state index in [0.29, 0.717) is 12.2 Å². The third-order valence-corrected chi connectivity index (χ3v) is 4.95. The summed E-state index contributed by atoms with van der Waals surface area (Å²) < 4.78 is 1.70. The summed E-state index contributed by atoms with van der Waals surface area (Å²) in [5, 5.41) is 7.73. The number of nitrogens with zero attached hydrogens (tertiary/aromatic N) is 3. The maximum absolute atomic E-state index is 13.0. The second kappa shape index (κ2) is 8.10. The Labute approximate surface area is 170 Å². The number of para-hydroxylation sites is 1. The number of nitrogens with one attached hydrogen (secondary N) is 1. The van der Waals surface area contributed by atoms with Crippen LogP contribution in [0.15, 0.2) is 79.1 Å². The van der Waals surface area contributed by atoms with Crippen LogP contribution in [0.3, 0.4) is 0 Å². The monoisotopic (exact) mass is 382 g/mol. The molecule has 29 heavy (non-hydrogen) atoms. The zero-order chi connectivity index (χ0) is 20.2. The average Bonchev–Trinajstić information content (AvgIpc) is 3.21. The first-order valence-electron chi connectivity index (χ1n) is 9.52. The molecule has 1 amide bonds. The van der Waals surface area contributed by atoms with Gasteiger partial charge in [-0.25, -0.2) is 4.68 Å². The van der Waals surface area contributed by atoms with E-state index in [4.69, 9.17) is 5.10 Å². The van der Waals surface area contributed by atoms with Crippen LogP contribution in [0.2, 0.25) is 0 Å². The normalized spacial score (nSPS) is 10.7. The summed E-state index contributed by atoms with van der Waals surface area (Å²) in [5.74, 6) is -0.173. The van der Waals surface area contributed by atoms with Crippen molar-refractivity contribution in [2.75, 3.05) is 0 Å². The second-order valence-electron chi connectivity index (χ2n) is 7.00. The van der Waals surface area contributed by atoms with Gasteiger partial charge in [-0.15, -0.1) is 0 Å². The molecule has 0 aliphatic carbocycles. The molecule has 0 bridgehead atoms. The lowest BCUT2D eigenvalue weighted by Crippen LogP contribution is -2.25. The highest BCUT2D eigenvalue weighted by atomic mass is 16.2. The van der Waals surface area contributed by atoms with Gasteiger partial charge in [-0.1, -0.05) is 30.3 Å². The van der Waals surface area contributed by atoms with Gasteiger partial charge in [0.1, 0.15) is 5.69 Å². The van der Waals surface area contributed by atoms with Crippen LogP contribution in [-0.4, -0.2) is 20.7 Å². The van der Waals surface area contributed by atoms with Gasteiger partial charge in [0.25, 0.3) is 5.91 Å². The van der Waals surface area contributed by atoms with Crippen molar-refractivity contribution in [3.8, 4) is 16.9 Å². The molecule has 4 aromatic rings. The third-order valence-electron chi connectivity index (χ3n) is 4.95. The number of carbonyl (C=O) groups is 1. The quantitative estimate of drug-likeness (QED) is 0.554. The molecule has 2 aromatic heterocycles. The third kappa shape index (κ3) is 4.09. The summed E-state index contributed by atoms with van der Waals surface area (Å²) in [5.41, 5.74) is 6.52. The number of aryl methyl sites for hydroxylation is 2. The van der Waals surface area contributed by atoms with Crippen molar-refractivity contribution in [1.82, 2.24) is 20.1 Å². The Kier molecular flexibility index (Phi) is 5.20. The molecule has 5 nitrogen and oxygen atoms in total. The fourth-order valence-corrected chi connectivity index (χ4v) is 3.12. The first-order chi connectivity index (χ1) is 14.1. The predicted molar refractivity (Wildman–Crippen MR) is 114 cm³/mol. The molecule has 144 valence electrons. The Morgan fingerprint density at radius 2 is 1.69 bits per heavy atom. The molecule has 0 atom stereocenters. The Bertz CT molecular complexity index is 1130. The van der Waals surface area contributed by atoms with Crippen molar-refractivity contribution >= 4 is 5.91 Å². The van der Waals surface area contributed by atoms with Crippen LogP contribution in [0.5, 0.6) is 0 Å². The van der Waals surface area contributed by atoms with Crippen molar-refractivity contribution in [1.29, 1.82) is 0 Å². The van der Waals surface area contributed by atoms with Gasteiger partial charge in [-0.05, 0) is 66.9 Å². The SMILES string of the molecule is Cc1ccc(-c2cc(C(=O)NCc3ccncc3)n(-c3ccccc3)n2)cc1C. The second-order valence-corrected chi connectivity index (χ2v) is 7.00. The summed E-state index contributed by atoms with van der Waals surface area (Å²) in [4.78, 5) is 17.0. The molecule has 0 radical (unpaired) electrons.